The highest BCUT2D eigenvalue weighted by Gasteiger charge is 2.29. The second-order valence-corrected chi connectivity index (χ2v) is 8.53. The first-order valence-electron chi connectivity index (χ1n) is 8.92. The molecule has 1 aliphatic rings. The molecule has 148 valence electrons. The lowest BCUT2D eigenvalue weighted by Gasteiger charge is -2.33. The molecule has 0 bridgehead atoms. The van der Waals surface area contributed by atoms with Gasteiger partial charge in [0.15, 0.2) is 5.78 Å². The van der Waals surface area contributed by atoms with Crippen LogP contribution in [0, 0.1) is 6.92 Å². The number of Topliss-reactive ketones (excluding diaryl/α,β-unsaturated/α-hetero) is 1. The fraction of sp³-hybridized carbons (Fsp3) is 0.300. The van der Waals surface area contributed by atoms with Crippen molar-refractivity contribution in [1.82, 2.24) is 9.21 Å². The zero-order valence-electron chi connectivity index (χ0n) is 15.8. The smallest absolute Gasteiger partial charge is 0.246 e. The van der Waals surface area contributed by atoms with Crippen molar-refractivity contribution < 1.29 is 22.4 Å². The third-order valence-corrected chi connectivity index (χ3v) is 6.47. The van der Waals surface area contributed by atoms with E-state index in [-0.39, 0.29) is 29.7 Å². The highest BCUT2D eigenvalue weighted by atomic mass is 32.2. The summed E-state index contributed by atoms with van der Waals surface area (Å²) in [5.41, 5.74) is 0.355. The van der Waals surface area contributed by atoms with E-state index >= 15 is 0 Å². The molecule has 1 aliphatic heterocycles. The second kappa shape index (κ2) is 8.12. The first-order chi connectivity index (χ1) is 13.3. The molecule has 0 saturated carbocycles. The maximum absolute atomic E-state index is 12.8. The van der Waals surface area contributed by atoms with Crippen molar-refractivity contribution in [1.29, 1.82) is 0 Å². The number of hydrogen-bond donors (Lipinski definition) is 0. The van der Waals surface area contributed by atoms with Gasteiger partial charge in [-0.05, 0) is 44.2 Å². The quantitative estimate of drug-likeness (QED) is 0.566. The summed E-state index contributed by atoms with van der Waals surface area (Å²) in [6.45, 7) is 4.22. The number of nitrogens with zero attached hydrogens (tertiary/aromatic N) is 2. The second-order valence-electron chi connectivity index (χ2n) is 6.60. The third kappa shape index (κ3) is 4.40. The van der Waals surface area contributed by atoms with Crippen LogP contribution in [-0.4, -0.2) is 55.5 Å². The van der Waals surface area contributed by atoms with Gasteiger partial charge < -0.3 is 9.32 Å². The molecule has 2 aromatic rings. The molecule has 0 N–H and O–H groups in total. The molecule has 0 unspecified atom stereocenters. The Balaban J connectivity index is 1.64. The molecule has 7 nitrogen and oxygen atoms in total. The Morgan fingerprint density at radius 2 is 1.79 bits per heavy atom. The standard InChI is InChI=1S/C20H22N2O5S/c1-15-6-7-18(27-15)8-9-20(24)21-10-12-22(13-11-21)28(25,26)19-5-3-4-17(14-19)16(2)23/h3-9,14H,10-13H2,1-2H3/b9-8+. The molecule has 1 aromatic carbocycles. The van der Waals surface area contributed by atoms with E-state index in [4.69, 9.17) is 4.42 Å². The molecule has 8 heteroatoms. The molecular formula is C20H22N2O5S. The normalized spacial score (nSPS) is 15.9. The highest BCUT2D eigenvalue weighted by Crippen LogP contribution is 2.19. The van der Waals surface area contributed by atoms with Gasteiger partial charge in [-0.15, -0.1) is 0 Å². The molecule has 0 atom stereocenters. The summed E-state index contributed by atoms with van der Waals surface area (Å²) in [5.74, 6) is 0.980. The molecule has 0 radical (unpaired) electrons. The number of benzene rings is 1. The number of carbonyl (C=O) groups excluding carboxylic acids is 2. The van der Waals surface area contributed by atoms with Crippen molar-refractivity contribution in [2.24, 2.45) is 0 Å². The predicted octanol–water partition coefficient (Wildman–Crippen LogP) is 2.34. The number of amides is 1. The van der Waals surface area contributed by atoms with Gasteiger partial charge in [0.2, 0.25) is 15.9 Å². The number of sulfonamides is 1. The summed E-state index contributed by atoms with van der Waals surface area (Å²) in [6.07, 6.45) is 3.03. The van der Waals surface area contributed by atoms with Crippen LogP contribution in [0.5, 0.6) is 0 Å². The topological polar surface area (TPSA) is 87.9 Å². The number of piperazine rings is 1. The summed E-state index contributed by atoms with van der Waals surface area (Å²) in [7, 11) is -3.71. The monoisotopic (exact) mass is 402 g/mol. The fourth-order valence-electron chi connectivity index (χ4n) is 2.98. The lowest BCUT2D eigenvalue weighted by atomic mass is 10.2. The van der Waals surface area contributed by atoms with Crippen molar-refractivity contribution in [3.05, 3.63) is 59.6 Å². The van der Waals surface area contributed by atoms with Gasteiger partial charge in [-0.1, -0.05) is 12.1 Å². The fourth-order valence-corrected chi connectivity index (χ4v) is 4.44. The molecule has 2 heterocycles. The van der Waals surface area contributed by atoms with E-state index in [1.807, 2.05) is 13.0 Å². The summed E-state index contributed by atoms with van der Waals surface area (Å²) in [4.78, 5) is 25.5. The Labute approximate surface area is 164 Å². The van der Waals surface area contributed by atoms with Crippen LogP contribution in [0.3, 0.4) is 0 Å². The molecule has 28 heavy (non-hydrogen) atoms. The van der Waals surface area contributed by atoms with Crippen molar-refractivity contribution in [2.45, 2.75) is 18.7 Å². The Kier molecular flexibility index (Phi) is 5.81. The summed E-state index contributed by atoms with van der Waals surface area (Å²) >= 11 is 0. The summed E-state index contributed by atoms with van der Waals surface area (Å²) in [6, 6.07) is 9.61. The van der Waals surface area contributed by atoms with Crippen molar-refractivity contribution in [2.75, 3.05) is 26.2 Å². The Morgan fingerprint density at radius 1 is 1.07 bits per heavy atom. The molecule has 1 fully saturated rings. The highest BCUT2D eigenvalue weighted by molar-refractivity contribution is 7.89. The van der Waals surface area contributed by atoms with E-state index in [1.54, 1.807) is 29.2 Å². The van der Waals surface area contributed by atoms with Gasteiger partial charge in [0.05, 0.1) is 4.90 Å². The van der Waals surface area contributed by atoms with Crippen LogP contribution in [0.4, 0.5) is 0 Å². The van der Waals surface area contributed by atoms with Gasteiger partial charge in [0, 0.05) is 37.8 Å². The van der Waals surface area contributed by atoms with Crippen LogP contribution in [0.2, 0.25) is 0 Å². The minimum Gasteiger partial charge on any atom is -0.462 e. The molecule has 1 amide bonds. The van der Waals surface area contributed by atoms with Gasteiger partial charge in [-0.25, -0.2) is 8.42 Å². The first kappa shape index (κ1) is 20.0. The lowest BCUT2D eigenvalue weighted by molar-refractivity contribution is -0.127. The average molecular weight is 402 g/mol. The number of aryl methyl sites for hydroxylation is 1. The number of hydrogen-bond acceptors (Lipinski definition) is 5. The Hall–Kier alpha value is -2.71. The molecular weight excluding hydrogens is 380 g/mol. The lowest BCUT2D eigenvalue weighted by Crippen LogP contribution is -2.50. The summed E-state index contributed by atoms with van der Waals surface area (Å²) < 4.78 is 32.4. The number of ketones is 1. The van der Waals surface area contributed by atoms with Crippen molar-refractivity contribution in [3.8, 4) is 0 Å². The molecule has 1 aromatic heterocycles. The Morgan fingerprint density at radius 3 is 2.39 bits per heavy atom. The van der Waals surface area contributed by atoms with Crippen LogP contribution in [0.1, 0.15) is 28.8 Å². The molecule has 0 aliphatic carbocycles. The first-order valence-corrected chi connectivity index (χ1v) is 10.4. The van der Waals surface area contributed by atoms with Crippen molar-refractivity contribution in [3.63, 3.8) is 0 Å². The van der Waals surface area contributed by atoms with E-state index in [1.165, 1.54) is 29.4 Å². The third-order valence-electron chi connectivity index (χ3n) is 4.58. The predicted molar refractivity (Wildman–Crippen MR) is 104 cm³/mol. The molecule has 3 rings (SSSR count). The van der Waals surface area contributed by atoms with Crippen LogP contribution >= 0.6 is 0 Å². The van der Waals surface area contributed by atoms with E-state index in [0.717, 1.165) is 5.76 Å². The largest absolute Gasteiger partial charge is 0.462 e. The number of furan rings is 1. The van der Waals surface area contributed by atoms with Crippen LogP contribution in [0.25, 0.3) is 6.08 Å². The van der Waals surface area contributed by atoms with E-state index in [0.29, 0.717) is 24.4 Å². The maximum atomic E-state index is 12.8. The van der Waals surface area contributed by atoms with Crippen LogP contribution < -0.4 is 0 Å². The maximum Gasteiger partial charge on any atom is 0.246 e. The van der Waals surface area contributed by atoms with E-state index in [9.17, 15) is 18.0 Å². The van der Waals surface area contributed by atoms with Crippen LogP contribution in [-0.2, 0) is 14.8 Å². The SMILES string of the molecule is CC(=O)c1cccc(S(=O)(=O)N2CCN(C(=O)/C=C/c3ccc(C)o3)CC2)c1. The van der Waals surface area contributed by atoms with Gasteiger partial charge in [0.1, 0.15) is 11.5 Å². The van der Waals surface area contributed by atoms with Gasteiger partial charge in [-0.2, -0.15) is 4.31 Å². The Bertz CT molecular complexity index is 1010. The summed E-state index contributed by atoms with van der Waals surface area (Å²) in [5, 5.41) is 0. The van der Waals surface area contributed by atoms with E-state index in [2.05, 4.69) is 0 Å². The van der Waals surface area contributed by atoms with Gasteiger partial charge in [0.25, 0.3) is 0 Å². The molecule has 1 saturated heterocycles. The van der Waals surface area contributed by atoms with Gasteiger partial charge in [-0.3, -0.25) is 9.59 Å². The van der Waals surface area contributed by atoms with Crippen LogP contribution in [0.15, 0.2) is 51.8 Å². The average Bonchev–Trinajstić information content (AvgIpc) is 3.11. The molecule has 0 spiro atoms. The van der Waals surface area contributed by atoms with Gasteiger partial charge >= 0.3 is 0 Å². The number of carbonyl (C=O) groups is 2. The zero-order chi connectivity index (χ0) is 20.3. The number of rotatable bonds is 5. The van der Waals surface area contributed by atoms with Crippen molar-refractivity contribution >= 4 is 27.8 Å². The zero-order valence-corrected chi connectivity index (χ0v) is 16.6. The minimum atomic E-state index is -3.71. The minimum absolute atomic E-state index is 0.0908. The van der Waals surface area contributed by atoms with E-state index < -0.39 is 10.0 Å².